The van der Waals surface area contributed by atoms with Crippen LogP contribution in [0.3, 0.4) is 0 Å². The van der Waals surface area contributed by atoms with Gasteiger partial charge in [-0.15, -0.1) is 0 Å². The summed E-state index contributed by atoms with van der Waals surface area (Å²) >= 11 is 0. The van der Waals surface area contributed by atoms with Gasteiger partial charge >= 0.3 is 5.97 Å². The highest BCUT2D eigenvalue weighted by Crippen LogP contribution is 2.11. The minimum atomic E-state index is -1.06. The number of carbonyl (C=O) groups is 2. The fraction of sp³-hybridized carbons (Fsp3) is 0.357. The first kappa shape index (κ1) is 15.5. The molecule has 106 valence electrons. The van der Waals surface area contributed by atoms with E-state index >= 15 is 0 Å². The van der Waals surface area contributed by atoms with E-state index in [4.69, 9.17) is 15.1 Å². The number of amides is 1. The Hall–Kier alpha value is -2.55. The van der Waals surface area contributed by atoms with Crippen molar-refractivity contribution in [3.05, 3.63) is 29.8 Å². The molecule has 1 rings (SSSR count). The van der Waals surface area contributed by atoms with Crippen molar-refractivity contribution < 1.29 is 19.4 Å². The Morgan fingerprint density at radius 1 is 1.40 bits per heavy atom. The quantitative estimate of drug-likeness (QED) is 0.782. The summed E-state index contributed by atoms with van der Waals surface area (Å²) in [5, 5.41) is 19.9. The van der Waals surface area contributed by atoms with Gasteiger partial charge < -0.3 is 15.2 Å². The Kier molecular flexibility index (Phi) is 6.04. The standard InChI is InChI=1S/C14H16N2O4/c1-2-3-12(14(18)19)16-13(17)9-20-11-6-4-10(8-15)5-7-11/h4-7,12H,2-3,9H2,1H3,(H,16,17)(H,18,19)/t12-/m1/s1. The van der Waals surface area contributed by atoms with Gasteiger partial charge in [-0.05, 0) is 30.7 Å². The van der Waals surface area contributed by atoms with Crippen LogP contribution in [0.5, 0.6) is 5.75 Å². The maximum atomic E-state index is 11.6. The van der Waals surface area contributed by atoms with Gasteiger partial charge in [-0.2, -0.15) is 5.26 Å². The molecule has 0 spiro atoms. The van der Waals surface area contributed by atoms with Crippen molar-refractivity contribution in [1.29, 1.82) is 5.26 Å². The van der Waals surface area contributed by atoms with Gasteiger partial charge in [0.15, 0.2) is 6.61 Å². The maximum absolute atomic E-state index is 11.6. The molecule has 1 aromatic rings. The Morgan fingerprint density at radius 2 is 2.05 bits per heavy atom. The van der Waals surface area contributed by atoms with E-state index < -0.39 is 17.9 Å². The number of carboxylic acids is 1. The minimum absolute atomic E-state index is 0.264. The number of ether oxygens (including phenoxy) is 1. The lowest BCUT2D eigenvalue weighted by Gasteiger charge is -2.13. The highest BCUT2D eigenvalue weighted by Gasteiger charge is 2.18. The van der Waals surface area contributed by atoms with Crippen LogP contribution < -0.4 is 10.1 Å². The lowest BCUT2D eigenvalue weighted by Crippen LogP contribution is -2.42. The van der Waals surface area contributed by atoms with E-state index in [9.17, 15) is 9.59 Å². The van der Waals surface area contributed by atoms with Crippen LogP contribution in [-0.4, -0.2) is 29.6 Å². The number of carboxylic acid groups (broad SMARTS) is 1. The molecular weight excluding hydrogens is 260 g/mol. The van der Waals surface area contributed by atoms with Gasteiger partial charge in [0, 0.05) is 0 Å². The van der Waals surface area contributed by atoms with E-state index in [-0.39, 0.29) is 6.61 Å². The average Bonchev–Trinajstić information content (AvgIpc) is 2.45. The zero-order chi connectivity index (χ0) is 15.0. The summed E-state index contributed by atoms with van der Waals surface area (Å²) in [6.07, 6.45) is 1.03. The van der Waals surface area contributed by atoms with Crippen molar-refractivity contribution >= 4 is 11.9 Å². The summed E-state index contributed by atoms with van der Waals surface area (Å²) in [5.74, 6) is -1.10. The third kappa shape index (κ3) is 4.98. The molecule has 0 unspecified atom stereocenters. The predicted octanol–water partition coefficient (Wildman–Crippen LogP) is 1.31. The number of rotatable bonds is 7. The van der Waals surface area contributed by atoms with Crippen molar-refractivity contribution in [1.82, 2.24) is 5.32 Å². The van der Waals surface area contributed by atoms with Crippen molar-refractivity contribution in [2.45, 2.75) is 25.8 Å². The summed E-state index contributed by atoms with van der Waals surface area (Å²) in [7, 11) is 0. The van der Waals surface area contributed by atoms with Crippen molar-refractivity contribution in [2.24, 2.45) is 0 Å². The number of nitrogens with one attached hydrogen (secondary N) is 1. The molecule has 0 aliphatic rings. The molecule has 1 amide bonds. The summed E-state index contributed by atoms with van der Waals surface area (Å²) in [6.45, 7) is 1.58. The highest BCUT2D eigenvalue weighted by molar-refractivity contribution is 5.84. The molecular formula is C14H16N2O4. The van der Waals surface area contributed by atoms with Crippen molar-refractivity contribution in [2.75, 3.05) is 6.61 Å². The zero-order valence-electron chi connectivity index (χ0n) is 11.1. The van der Waals surface area contributed by atoms with Gasteiger partial charge in [0.05, 0.1) is 11.6 Å². The Morgan fingerprint density at radius 3 is 2.55 bits per heavy atom. The first-order chi connectivity index (χ1) is 9.56. The predicted molar refractivity (Wildman–Crippen MR) is 71.1 cm³/mol. The van der Waals surface area contributed by atoms with Crippen LogP contribution in [0.4, 0.5) is 0 Å². The van der Waals surface area contributed by atoms with Gasteiger partial charge in [-0.1, -0.05) is 13.3 Å². The number of benzene rings is 1. The molecule has 0 radical (unpaired) electrons. The number of nitrogens with zero attached hydrogens (tertiary/aromatic N) is 1. The van der Waals surface area contributed by atoms with Crippen LogP contribution >= 0.6 is 0 Å². The van der Waals surface area contributed by atoms with Gasteiger partial charge in [-0.3, -0.25) is 4.79 Å². The van der Waals surface area contributed by atoms with Gasteiger partial charge in [-0.25, -0.2) is 4.79 Å². The summed E-state index contributed by atoms with van der Waals surface area (Å²) in [4.78, 5) is 22.5. The molecule has 0 saturated carbocycles. The second-order valence-corrected chi connectivity index (χ2v) is 4.17. The van der Waals surface area contributed by atoms with Crippen LogP contribution in [0.25, 0.3) is 0 Å². The Balaban J connectivity index is 2.46. The van der Waals surface area contributed by atoms with Crippen LogP contribution in [0, 0.1) is 11.3 Å². The van der Waals surface area contributed by atoms with Gasteiger partial charge in [0.25, 0.3) is 5.91 Å². The Bertz CT molecular complexity index is 505. The first-order valence-corrected chi connectivity index (χ1v) is 6.22. The molecule has 0 saturated heterocycles. The molecule has 1 aromatic carbocycles. The molecule has 0 bridgehead atoms. The van der Waals surface area contributed by atoms with Crippen LogP contribution in [0.2, 0.25) is 0 Å². The summed E-state index contributed by atoms with van der Waals surface area (Å²) in [5.41, 5.74) is 0.496. The second kappa shape index (κ2) is 7.79. The smallest absolute Gasteiger partial charge is 0.326 e. The molecule has 0 fully saturated rings. The normalized spacial score (nSPS) is 11.2. The second-order valence-electron chi connectivity index (χ2n) is 4.17. The van der Waals surface area contributed by atoms with Crippen molar-refractivity contribution in [3.63, 3.8) is 0 Å². The molecule has 2 N–H and O–H groups in total. The number of hydrogen-bond donors (Lipinski definition) is 2. The lowest BCUT2D eigenvalue weighted by atomic mass is 10.2. The van der Waals surface area contributed by atoms with E-state index in [0.29, 0.717) is 24.2 Å². The van der Waals surface area contributed by atoms with E-state index in [2.05, 4.69) is 5.32 Å². The molecule has 0 aliphatic carbocycles. The number of nitriles is 1. The monoisotopic (exact) mass is 276 g/mol. The zero-order valence-corrected chi connectivity index (χ0v) is 11.1. The molecule has 0 heterocycles. The molecule has 6 heteroatoms. The number of aliphatic carboxylic acids is 1. The maximum Gasteiger partial charge on any atom is 0.326 e. The summed E-state index contributed by atoms with van der Waals surface area (Å²) in [6, 6.07) is 7.38. The fourth-order valence-corrected chi connectivity index (χ4v) is 1.56. The topological polar surface area (TPSA) is 99.4 Å². The molecule has 6 nitrogen and oxygen atoms in total. The van der Waals surface area contributed by atoms with Crippen LogP contribution in [0.1, 0.15) is 25.3 Å². The fourth-order valence-electron chi connectivity index (χ4n) is 1.56. The third-order valence-corrected chi connectivity index (χ3v) is 2.56. The van der Waals surface area contributed by atoms with Gasteiger partial charge in [0.2, 0.25) is 0 Å². The van der Waals surface area contributed by atoms with E-state index in [1.54, 1.807) is 24.3 Å². The Labute approximate surface area is 117 Å². The lowest BCUT2D eigenvalue weighted by molar-refractivity contribution is -0.142. The SMILES string of the molecule is CCC[C@@H](NC(=O)COc1ccc(C#N)cc1)C(=O)O. The van der Waals surface area contributed by atoms with E-state index in [0.717, 1.165) is 0 Å². The molecule has 0 aromatic heterocycles. The number of carbonyl (C=O) groups excluding carboxylic acids is 1. The van der Waals surface area contributed by atoms with Gasteiger partial charge in [0.1, 0.15) is 11.8 Å². The average molecular weight is 276 g/mol. The van der Waals surface area contributed by atoms with Crippen molar-refractivity contribution in [3.8, 4) is 11.8 Å². The highest BCUT2D eigenvalue weighted by atomic mass is 16.5. The number of hydrogen-bond acceptors (Lipinski definition) is 4. The third-order valence-electron chi connectivity index (χ3n) is 2.56. The molecule has 1 atom stereocenters. The minimum Gasteiger partial charge on any atom is -0.484 e. The molecule has 20 heavy (non-hydrogen) atoms. The molecule has 0 aliphatic heterocycles. The van der Waals surface area contributed by atoms with E-state index in [1.165, 1.54) is 0 Å². The van der Waals surface area contributed by atoms with Crippen LogP contribution in [0.15, 0.2) is 24.3 Å². The van der Waals surface area contributed by atoms with Crippen LogP contribution in [-0.2, 0) is 9.59 Å². The summed E-state index contributed by atoms with van der Waals surface area (Å²) < 4.78 is 5.21. The first-order valence-electron chi connectivity index (χ1n) is 6.22. The largest absolute Gasteiger partial charge is 0.484 e. The van der Waals surface area contributed by atoms with E-state index in [1.807, 2.05) is 13.0 Å².